The van der Waals surface area contributed by atoms with Gasteiger partial charge in [0.25, 0.3) is 0 Å². The summed E-state index contributed by atoms with van der Waals surface area (Å²) in [5.41, 5.74) is 1.53. The fraction of sp³-hybridized carbons (Fsp3) is 0.200. The van der Waals surface area contributed by atoms with Crippen LogP contribution in [0.5, 0.6) is 0 Å². The van der Waals surface area contributed by atoms with Gasteiger partial charge in [-0.25, -0.2) is 14.5 Å². The van der Waals surface area contributed by atoms with E-state index < -0.39 is 6.09 Å². The van der Waals surface area contributed by atoms with Crippen LogP contribution in [-0.2, 0) is 9.57 Å². The Balaban J connectivity index is 2.49. The summed E-state index contributed by atoms with van der Waals surface area (Å²) in [4.78, 5) is 20.5. The Hall–Kier alpha value is -2.08. The number of benzene rings is 1. The van der Waals surface area contributed by atoms with Crippen molar-refractivity contribution in [3.05, 3.63) is 30.6 Å². The minimum absolute atomic E-state index is 0.620. The average Bonchev–Trinajstić information content (AvgIpc) is 2.74. The minimum atomic E-state index is -0.620. The number of para-hydroxylation sites is 2. The van der Waals surface area contributed by atoms with Crippen molar-refractivity contribution in [2.45, 2.75) is 0 Å². The smallest absolute Gasteiger partial charge is 0.450 e. The Bertz CT molecular complexity index is 509. The highest BCUT2D eigenvalue weighted by Gasteiger charge is 2.17. The van der Waals surface area contributed by atoms with Gasteiger partial charge in [-0.3, -0.25) is 4.84 Å². The molecule has 1 aromatic heterocycles. The van der Waals surface area contributed by atoms with Gasteiger partial charge in [-0.05, 0) is 12.1 Å². The Labute approximate surface area is 91.9 Å². The van der Waals surface area contributed by atoms with E-state index in [0.717, 1.165) is 16.2 Å². The maximum Gasteiger partial charge on any atom is 0.454 e. The zero-order valence-electron chi connectivity index (χ0n) is 8.95. The quantitative estimate of drug-likeness (QED) is 0.717. The fourth-order valence-electron chi connectivity index (χ4n) is 1.42. The van der Waals surface area contributed by atoms with E-state index in [1.807, 2.05) is 24.3 Å². The molecule has 0 aliphatic rings. The van der Waals surface area contributed by atoms with Crippen LogP contribution in [0.25, 0.3) is 11.0 Å². The van der Waals surface area contributed by atoms with Gasteiger partial charge in [0.1, 0.15) is 6.33 Å². The second-order valence-corrected chi connectivity index (χ2v) is 3.00. The van der Waals surface area contributed by atoms with Crippen molar-refractivity contribution >= 4 is 17.1 Å². The number of carbonyl (C=O) groups is 1. The van der Waals surface area contributed by atoms with Crippen LogP contribution in [0.2, 0.25) is 0 Å². The van der Waals surface area contributed by atoms with Gasteiger partial charge in [0, 0.05) is 0 Å². The third kappa shape index (κ3) is 1.59. The third-order valence-electron chi connectivity index (χ3n) is 2.13. The van der Waals surface area contributed by atoms with Crippen LogP contribution in [-0.4, -0.2) is 30.0 Å². The van der Waals surface area contributed by atoms with Gasteiger partial charge in [-0.2, -0.15) is 0 Å². The van der Waals surface area contributed by atoms with Gasteiger partial charge in [-0.15, -0.1) is 0 Å². The highest BCUT2D eigenvalue weighted by Crippen LogP contribution is 2.12. The number of hydrogen-bond donors (Lipinski definition) is 0. The second kappa shape index (κ2) is 4.19. The van der Waals surface area contributed by atoms with E-state index in [1.165, 1.54) is 25.2 Å². The first-order valence-corrected chi connectivity index (χ1v) is 4.62. The molecule has 0 N–H and O–H groups in total. The minimum Gasteiger partial charge on any atom is -0.450 e. The molecule has 1 aromatic carbocycles. The lowest BCUT2D eigenvalue weighted by atomic mass is 10.3. The largest absolute Gasteiger partial charge is 0.454 e. The maximum atomic E-state index is 11.4. The standard InChI is InChI=1S/C10H11N3O3/c1-15-10(14)13(16-2)12-7-11-8-5-3-4-6-9(8)12/h3-7H,1-2H3. The summed E-state index contributed by atoms with van der Waals surface area (Å²) in [6, 6.07) is 7.40. The Morgan fingerprint density at radius 3 is 2.81 bits per heavy atom. The van der Waals surface area contributed by atoms with Crippen LogP contribution in [0.1, 0.15) is 0 Å². The maximum absolute atomic E-state index is 11.4. The monoisotopic (exact) mass is 221 g/mol. The van der Waals surface area contributed by atoms with Crippen molar-refractivity contribution in [2.24, 2.45) is 0 Å². The number of fused-ring (bicyclic) bond motifs is 1. The number of hydroxylamine groups is 1. The molecular weight excluding hydrogens is 210 g/mol. The number of aromatic nitrogens is 2. The molecule has 84 valence electrons. The summed E-state index contributed by atoms with van der Waals surface area (Å²) >= 11 is 0. The van der Waals surface area contributed by atoms with Gasteiger partial charge in [0.2, 0.25) is 0 Å². The van der Waals surface area contributed by atoms with Crippen molar-refractivity contribution in [2.75, 3.05) is 19.4 Å². The van der Waals surface area contributed by atoms with Gasteiger partial charge < -0.3 is 4.74 Å². The molecule has 6 heteroatoms. The number of rotatable bonds is 2. The molecule has 6 nitrogen and oxygen atoms in total. The molecule has 0 bridgehead atoms. The summed E-state index contributed by atoms with van der Waals surface area (Å²) in [7, 11) is 2.67. The molecule has 1 heterocycles. The predicted molar refractivity (Wildman–Crippen MR) is 57.4 cm³/mol. The Kier molecular flexibility index (Phi) is 2.74. The molecule has 0 atom stereocenters. The van der Waals surface area contributed by atoms with E-state index in [4.69, 9.17) is 4.84 Å². The molecule has 0 aliphatic carbocycles. The molecule has 2 aromatic rings. The number of nitrogens with zero attached hydrogens (tertiary/aromatic N) is 3. The number of imidazole rings is 1. The van der Waals surface area contributed by atoms with Crippen LogP contribution < -0.4 is 5.17 Å². The van der Waals surface area contributed by atoms with Crippen LogP contribution >= 0.6 is 0 Å². The lowest BCUT2D eigenvalue weighted by Crippen LogP contribution is -2.38. The highest BCUT2D eigenvalue weighted by molar-refractivity contribution is 5.81. The lowest BCUT2D eigenvalue weighted by Gasteiger charge is -2.18. The molecule has 0 spiro atoms. The van der Waals surface area contributed by atoms with E-state index in [1.54, 1.807) is 0 Å². The Morgan fingerprint density at radius 2 is 2.12 bits per heavy atom. The van der Waals surface area contributed by atoms with Crippen LogP contribution in [0.4, 0.5) is 4.79 Å². The molecule has 2 rings (SSSR count). The molecule has 0 saturated carbocycles. The number of hydrogen-bond acceptors (Lipinski definition) is 4. The summed E-state index contributed by atoms with van der Waals surface area (Å²) in [5, 5.41) is 0.981. The van der Waals surface area contributed by atoms with E-state index in [0.29, 0.717) is 0 Å². The van der Waals surface area contributed by atoms with E-state index in [2.05, 4.69) is 9.72 Å². The number of amides is 1. The molecular formula is C10H11N3O3. The summed E-state index contributed by atoms with van der Waals surface area (Å²) < 4.78 is 6.06. The molecule has 0 aliphatic heterocycles. The molecule has 0 unspecified atom stereocenters. The fourth-order valence-corrected chi connectivity index (χ4v) is 1.42. The molecule has 0 saturated heterocycles. The summed E-state index contributed by atoms with van der Waals surface area (Å²) in [6.45, 7) is 0. The zero-order chi connectivity index (χ0) is 11.5. The number of carbonyl (C=O) groups excluding carboxylic acids is 1. The van der Waals surface area contributed by atoms with Gasteiger partial charge in [0.15, 0.2) is 0 Å². The van der Waals surface area contributed by atoms with Crippen molar-refractivity contribution in [1.29, 1.82) is 0 Å². The highest BCUT2D eigenvalue weighted by atomic mass is 16.7. The second-order valence-electron chi connectivity index (χ2n) is 3.00. The molecule has 16 heavy (non-hydrogen) atoms. The van der Waals surface area contributed by atoms with Crippen molar-refractivity contribution in [1.82, 2.24) is 9.66 Å². The summed E-state index contributed by atoms with van der Waals surface area (Å²) in [5.74, 6) is 0. The van der Waals surface area contributed by atoms with Crippen molar-refractivity contribution in [3.8, 4) is 0 Å². The van der Waals surface area contributed by atoms with Gasteiger partial charge >= 0.3 is 6.09 Å². The van der Waals surface area contributed by atoms with Gasteiger partial charge in [-0.1, -0.05) is 17.3 Å². The average molecular weight is 221 g/mol. The van der Waals surface area contributed by atoms with E-state index in [9.17, 15) is 4.79 Å². The van der Waals surface area contributed by atoms with Crippen molar-refractivity contribution < 1.29 is 14.4 Å². The normalized spacial score (nSPS) is 10.4. The summed E-state index contributed by atoms with van der Waals surface area (Å²) in [6.07, 6.45) is 0.871. The number of methoxy groups -OCH3 is 1. The van der Waals surface area contributed by atoms with Crippen LogP contribution in [0, 0.1) is 0 Å². The first kappa shape index (κ1) is 10.4. The topological polar surface area (TPSA) is 56.6 Å². The lowest BCUT2D eigenvalue weighted by molar-refractivity contribution is 0.0800. The Morgan fingerprint density at radius 1 is 1.38 bits per heavy atom. The number of ether oxygens (including phenoxy) is 1. The molecule has 0 radical (unpaired) electrons. The predicted octanol–water partition coefficient (Wildman–Crippen LogP) is 1.30. The zero-order valence-corrected chi connectivity index (χ0v) is 8.95. The van der Waals surface area contributed by atoms with Crippen molar-refractivity contribution in [3.63, 3.8) is 0 Å². The van der Waals surface area contributed by atoms with Crippen LogP contribution in [0.3, 0.4) is 0 Å². The SMILES string of the molecule is COC(=O)N(OC)n1cnc2ccccc21. The molecule has 1 amide bonds. The first-order valence-electron chi connectivity index (χ1n) is 4.62. The van der Waals surface area contributed by atoms with E-state index >= 15 is 0 Å². The molecule has 0 fully saturated rings. The van der Waals surface area contributed by atoms with E-state index in [-0.39, 0.29) is 0 Å². The van der Waals surface area contributed by atoms with Gasteiger partial charge in [0.05, 0.1) is 25.3 Å². The third-order valence-corrected chi connectivity index (χ3v) is 2.13. The van der Waals surface area contributed by atoms with Crippen LogP contribution in [0.15, 0.2) is 30.6 Å². The first-order chi connectivity index (χ1) is 7.77.